The molecular formula is CH3N3O3Zn. The molecule has 0 saturated carbocycles. The van der Waals surface area contributed by atoms with Crippen LogP contribution in [0.4, 0.5) is 4.79 Å². The molecule has 0 fully saturated rings. The number of amides is 2. The normalized spacial score (nSPS) is 6.50. The molecule has 7 heteroatoms. The first kappa shape index (κ1) is 10.3. The Morgan fingerprint density at radius 3 is 2.12 bits per heavy atom. The summed E-state index contributed by atoms with van der Waals surface area (Å²) in [5.74, 6) is 0. The third-order valence-corrected chi connectivity index (χ3v) is 0.201. The maximum atomic E-state index is 9.48. The van der Waals surface area contributed by atoms with Gasteiger partial charge in [-0.05, 0) is 0 Å². The van der Waals surface area contributed by atoms with Gasteiger partial charge in [0.25, 0.3) is 0 Å². The summed E-state index contributed by atoms with van der Waals surface area (Å²) in [4.78, 5) is 18.7. The van der Waals surface area contributed by atoms with E-state index in [2.05, 4.69) is 5.73 Å². The van der Waals surface area contributed by atoms with E-state index in [0.717, 1.165) is 0 Å². The monoisotopic (exact) mass is 169 g/mol. The van der Waals surface area contributed by atoms with Crippen molar-refractivity contribution in [2.24, 2.45) is 5.73 Å². The summed E-state index contributed by atoms with van der Waals surface area (Å²) in [6.45, 7) is 0. The first-order valence-electron chi connectivity index (χ1n) is 1.33. The molecule has 0 rings (SSSR count). The maximum absolute atomic E-state index is 9.48. The van der Waals surface area contributed by atoms with Crippen LogP contribution in [0.1, 0.15) is 0 Å². The number of primary amides is 1. The van der Waals surface area contributed by atoms with Crippen molar-refractivity contribution in [2.75, 3.05) is 0 Å². The second-order valence-electron chi connectivity index (χ2n) is 0.733. The number of urea groups is 1. The van der Waals surface area contributed by atoms with Crippen molar-refractivity contribution in [3.63, 3.8) is 0 Å². The van der Waals surface area contributed by atoms with Crippen LogP contribution in [0.2, 0.25) is 0 Å². The van der Waals surface area contributed by atoms with Gasteiger partial charge in [-0.25, -0.2) is 14.9 Å². The van der Waals surface area contributed by atoms with E-state index < -0.39 is 11.1 Å². The van der Waals surface area contributed by atoms with E-state index in [4.69, 9.17) is 0 Å². The fourth-order valence-electron chi connectivity index (χ4n) is 0.0900. The van der Waals surface area contributed by atoms with Crippen LogP contribution in [0.5, 0.6) is 0 Å². The predicted octanol–water partition coefficient (Wildman–Crippen LogP) is -1.16. The molecule has 0 unspecified atom stereocenters. The quantitative estimate of drug-likeness (QED) is 0.295. The molecule has 0 aliphatic heterocycles. The SMILES string of the molecule is NC(=O)N[N+](=O)[O-].[Zn]. The van der Waals surface area contributed by atoms with E-state index in [1.165, 1.54) is 5.43 Å². The average molecular weight is 170 g/mol. The van der Waals surface area contributed by atoms with Crippen LogP contribution in [-0.2, 0) is 19.5 Å². The molecule has 0 aliphatic rings. The summed E-state index contributed by atoms with van der Waals surface area (Å²) >= 11 is 0. The van der Waals surface area contributed by atoms with Crippen LogP contribution < -0.4 is 11.2 Å². The van der Waals surface area contributed by atoms with Crippen molar-refractivity contribution in [3.05, 3.63) is 10.1 Å². The fraction of sp³-hybridized carbons (Fsp3) is 0. The Labute approximate surface area is 57.3 Å². The molecule has 0 atom stereocenters. The summed E-state index contributed by atoms with van der Waals surface area (Å²) in [5.41, 5.74) is 5.47. The van der Waals surface area contributed by atoms with Gasteiger partial charge in [0.15, 0.2) is 5.03 Å². The molecule has 0 aromatic carbocycles. The average Bonchev–Trinajstić information content (AvgIpc) is 1.27. The minimum atomic E-state index is -1.16. The van der Waals surface area contributed by atoms with Crippen molar-refractivity contribution in [1.29, 1.82) is 0 Å². The minimum absolute atomic E-state index is 0. The van der Waals surface area contributed by atoms with E-state index in [9.17, 15) is 14.9 Å². The number of nitro groups is 1. The van der Waals surface area contributed by atoms with Crippen molar-refractivity contribution in [2.45, 2.75) is 0 Å². The van der Waals surface area contributed by atoms with Gasteiger partial charge >= 0.3 is 6.03 Å². The molecule has 42 valence electrons. The number of nitrogens with one attached hydrogen (secondary N) is 1. The number of hydrazine groups is 1. The van der Waals surface area contributed by atoms with Crippen LogP contribution in [-0.4, -0.2) is 11.1 Å². The number of nitrogens with zero attached hydrogens (tertiary/aromatic N) is 1. The Morgan fingerprint density at radius 2 is 2.12 bits per heavy atom. The molecule has 3 N–H and O–H groups in total. The number of rotatable bonds is 1. The number of carbonyl (C=O) groups excluding carboxylic acids is 1. The zero-order valence-electron chi connectivity index (χ0n) is 3.96. The summed E-state index contributed by atoms with van der Waals surface area (Å²) < 4.78 is 0. The predicted molar refractivity (Wildman–Crippen MR) is 19.7 cm³/mol. The van der Waals surface area contributed by atoms with Crippen LogP contribution in [0.15, 0.2) is 0 Å². The van der Waals surface area contributed by atoms with Gasteiger partial charge in [-0.1, -0.05) is 5.43 Å². The maximum Gasteiger partial charge on any atom is 0.370 e. The van der Waals surface area contributed by atoms with Gasteiger partial charge < -0.3 is 5.73 Å². The molecular weight excluding hydrogens is 167 g/mol. The van der Waals surface area contributed by atoms with E-state index >= 15 is 0 Å². The molecule has 2 amide bonds. The van der Waals surface area contributed by atoms with E-state index in [1.54, 1.807) is 0 Å². The summed E-state index contributed by atoms with van der Waals surface area (Å²) in [5, 5.41) is 8.18. The largest absolute Gasteiger partial charge is 0.370 e. The molecule has 0 aliphatic carbocycles. The van der Waals surface area contributed by atoms with Crippen LogP contribution in [0.3, 0.4) is 0 Å². The minimum Gasteiger partial charge on any atom is -0.347 e. The van der Waals surface area contributed by atoms with Crippen molar-refractivity contribution in [3.8, 4) is 0 Å². The number of nitrogens with two attached hydrogens (primary N) is 1. The van der Waals surface area contributed by atoms with E-state index in [0.29, 0.717) is 0 Å². The van der Waals surface area contributed by atoms with Gasteiger partial charge in [-0.3, -0.25) is 0 Å². The molecule has 0 aromatic rings. The Balaban J connectivity index is 0. The Kier molecular flexibility index (Phi) is 5.74. The third kappa shape index (κ3) is 9.00. The van der Waals surface area contributed by atoms with Crippen molar-refractivity contribution < 1.29 is 29.3 Å². The summed E-state index contributed by atoms with van der Waals surface area (Å²) in [6, 6.07) is -1.16. The van der Waals surface area contributed by atoms with Gasteiger partial charge in [0.2, 0.25) is 0 Å². The van der Waals surface area contributed by atoms with Gasteiger partial charge in [-0.15, -0.1) is 0 Å². The van der Waals surface area contributed by atoms with Gasteiger partial charge in [-0.2, -0.15) is 0 Å². The Bertz CT molecular complexity index is 90.7. The second kappa shape index (κ2) is 4.45. The summed E-state index contributed by atoms with van der Waals surface area (Å²) in [7, 11) is 0. The molecule has 6 nitrogen and oxygen atoms in total. The van der Waals surface area contributed by atoms with E-state index in [1.807, 2.05) is 0 Å². The Morgan fingerprint density at radius 1 is 1.75 bits per heavy atom. The van der Waals surface area contributed by atoms with Gasteiger partial charge in [0.1, 0.15) is 0 Å². The van der Waals surface area contributed by atoms with E-state index in [-0.39, 0.29) is 19.5 Å². The molecule has 0 radical (unpaired) electrons. The molecule has 0 bridgehead atoms. The van der Waals surface area contributed by atoms with Crippen molar-refractivity contribution in [1.82, 2.24) is 5.43 Å². The smallest absolute Gasteiger partial charge is 0.347 e. The van der Waals surface area contributed by atoms with Gasteiger partial charge in [0.05, 0.1) is 0 Å². The number of carbonyl (C=O) groups is 1. The van der Waals surface area contributed by atoms with Crippen LogP contribution >= 0.6 is 0 Å². The molecule has 8 heavy (non-hydrogen) atoms. The molecule has 0 spiro atoms. The van der Waals surface area contributed by atoms with Crippen molar-refractivity contribution >= 4 is 6.03 Å². The standard InChI is InChI=1S/CH3N3O3.Zn/c2-1(5)3-4(6)7;/h(H3,2,3,5);. The second-order valence-corrected chi connectivity index (χ2v) is 0.733. The number of hydrogen-bond acceptors (Lipinski definition) is 3. The van der Waals surface area contributed by atoms with Gasteiger partial charge in [0, 0.05) is 19.5 Å². The molecule has 0 saturated heterocycles. The Hall–Kier alpha value is -0.707. The zero-order chi connectivity index (χ0) is 5.86. The molecule has 0 heterocycles. The van der Waals surface area contributed by atoms with Crippen LogP contribution in [0, 0.1) is 10.1 Å². The third-order valence-electron chi connectivity index (χ3n) is 0.201. The zero-order valence-corrected chi connectivity index (χ0v) is 6.92. The fourth-order valence-corrected chi connectivity index (χ4v) is 0.0900. The first-order chi connectivity index (χ1) is 3.13. The first-order valence-corrected chi connectivity index (χ1v) is 1.33. The van der Waals surface area contributed by atoms with Crippen LogP contribution in [0.25, 0.3) is 0 Å². The topological polar surface area (TPSA) is 98.3 Å². The summed E-state index contributed by atoms with van der Waals surface area (Å²) in [6.07, 6.45) is 0. The number of hydrogen-bond donors (Lipinski definition) is 2. The molecule has 0 aromatic heterocycles.